The molecule has 2 aromatic rings. The fourth-order valence-electron chi connectivity index (χ4n) is 3.10. The molecule has 2 rings (SSSR count). The standard InChI is InChI=1S/C24H34N2OSi/c1-17-11-9-12-18(2)23(17)25-21(5)22(15-16-27-28(6,7)8)26-24-19(3)13-10-14-20(24)4/h9-14H,15-16H2,1-8H3. The average molecular weight is 395 g/mol. The maximum absolute atomic E-state index is 6.11. The molecule has 0 radical (unpaired) electrons. The summed E-state index contributed by atoms with van der Waals surface area (Å²) < 4.78 is 6.11. The second kappa shape index (κ2) is 9.44. The van der Waals surface area contributed by atoms with Gasteiger partial charge in [-0.2, -0.15) is 0 Å². The number of hydrogen-bond acceptors (Lipinski definition) is 3. The summed E-state index contributed by atoms with van der Waals surface area (Å²) in [5.41, 5.74) is 8.78. The molecule has 0 aliphatic rings. The van der Waals surface area contributed by atoms with Gasteiger partial charge in [0, 0.05) is 13.0 Å². The maximum atomic E-state index is 6.11. The monoisotopic (exact) mass is 394 g/mol. The molecule has 0 aliphatic heterocycles. The topological polar surface area (TPSA) is 34.0 Å². The van der Waals surface area contributed by atoms with Crippen LogP contribution in [0.4, 0.5) is 11.4 Å². The summed E-state index contributed by atoms with van der Waals surface area (Å²) in [6, 6.07) is 12.6. The van der Waals surface area contributed by atoms with Gasteiger partial charge in [-0.25, -0.2) is 0 Å². The van der Waals surface area contributed by atoms with Crippen molar-refractivity contribution in [2.75, 3.05) is 6.61 Å². The van der Waals surface area contributed by atoms with Gasteiger partial charge < -0.3 is 4.43 Å². The molecule has 28 heavy (non-hydrogen) atoms. The third-order valence-corrected chi connectivity index (χ3v) is 5.77. The Balaban J connectivity index is 2.45. The molecule has 4 heteroatoms. The van der Waals surface area contributed by atoms with Gasteiger partial charge in [-0.15, -0.1) is 0 Å². The normalized spacial score (nSPS) is 13.1. The highest BCUT2D eigenvalue weighted by Gasteiger charge is 2.16. The molecule has 0 saturated heterocycles. The van der Waals surface area contributed by atoms with Gasteiger partial charge in [0.15, 0.2) is 8.32 Å². The lowest BCUT2D eigenvalue weighted by atomic mass is 10.1. The van der Waals surface area contributed by atoms with Crippen LogP contribution >= 0.6 is 0 Å². The molecule has 0 amide bonds. The molecule has 0 heterocycles. The second-order valence-electron chi connectivity index (χ2n) is 8.45. The van der Waals surface area contributed by atoms with Crippen molar-refractivity contribution in [2.45, 2.75) is 60.7 Å². The van der Waals surface area contributed by atoms with Gasteiger partial charge in [-0.3, -0.25) is 9.98 Å². The minimum absolute atomic E-state index is 0.680. The molecule has 0 atom stereocenters. The van der Waals surface area contributed by atoms with Crippen LogP contribution in [0.1, 0.15) is 35.6 Å². The number of aryl methyl sites for hydroxylation is 4. The smallest absolute Gasteiger partial charge is 0.183 e. The zero-order valence-electron chi connectivity index (χ0n) is 18.7. The molecular weight excluding hydrogens is 360 g/mol. The van der Waals surface area contributed by atoms with Crippen LogP contribution in [0, 0.1) is 27.7 Å². The molecule has 0 N–H and O–H groups in total. The summed E-state index contributed by atoms with van der Waals surface area (Å²) >= 11 is 0. The second-order valence-corrected chi connectivity index (χ2v) is 13.0. The summed E-state index contributed by atoms with van der Waals surface area (Å²) in [7, 11) is -1.56. The highest BCUT2D eigenvalue weighted by atomic mass is 28.4. The van der Waals surface area contributed by atoms with Gasteiger partial charge in [0.05, 0.1) is 22.8 Å². The van der Waals surface area contributed by atoms with Crippen molar-refractivity contribution in [3.8, 4) is 0 Å². The Kier molecular flexibility index (Phi) is 7.50. The van der Waals surface area contributed by atoms with E-state index in [-0.39, 0.29) is 0 Å². The lowest BCUT2D eigenvalue weighted by Gasteiger charge is -2.18. The SMILES string of the molecule is CC(=Nc1c(C)cccc1C)C(CCO[Si](C)(C)C)=Nc1c(C)cccc1C. The summed E-state index contributed by atoms with van der Waals surface area (Å²) in [5.74, 6) is 0. The quantitative estimate of drug-likeness (QED) is 0.367. The molecule has 0 aliphatic carbocycles. The number of rotatable bonds is 7. The molecule has 0 saturated carbocycles. The van der Waals surface area contributed by atoms with Crippen molar-refractivity contribution >= 4 is 31.1 Å². The van der Waals surface area contributed by atoms with E-state index in [0.29, 0.717) is 6.61 Å². The van der Waals surface area contributed by atoms with Gasteiger partial charge in [0.2, 0.25) is 0 Å². The van der Waals surface area contributed by atoms with Crippen molar-refractivity contribution in [3.05, 3.63) is 58.7 Å². The van der Waals surface area contributed by atoms with Crippen molar-refractivity contribution in [1.82, 2.24) is 0 Å². The Hall–Kier alpha value is -2.04. The molecule has 0 bridgehead atoms. The van der Waals surface area contributed by atoms with Crippen LogP contribution in [0.2, 0.25) is 19.6 Å². The van der Waals surface area contributed by atoms with Crippen molar-refractivity contribution in [3.63, 3.8) is 0 Å². The number of benzene rings is 2. The van der Waals surface area contributed by atoms with E-state index in [1.165, 1.54) is 22.3 Å². The minimum Gasteiger partial charge on any atom is -0.417 e. The lowest BCUT2D eigenvalue weighted by molar-refractivity contribution is 0.323. The molecular formula is C24H34N2OSi. The number of hydrogen-bond donors (Lipinski definition) is 0. The van der Waals surface area contributed by atoms with E-state index in [1.807, 2.05) is 0 Å². The highest BCUT2D eigenvalue weighted by molar-refractivity contribution is 6.69. The zero-order chi connectivity index (χ0) is 20.9. The Morgan fingerprint density at radius 3 is 1.64 bits per heavy atom. The first-order valence-electron chi connectivity index (χ1n) is 9.98. The lowest BCUT2D eigenvalue weighted by Crippen LogP contribution is -2.27. The molecule has 3 nitrogen and oxygen atoms in total. The molecule has 0 fully saturated rings. The third-order valence-electron chi connectivity index (χ3n) is 4.70. The summed E-state index contributed by atoms with van der Waals surface area (Å²) in [6.07, 6.45) is 0.762. The fourth-order valence-corrected chi connectivity index (χ4v) is 3.82. The van der Waals surface area contributed by atoms with Crippen LogP contribution in [0.3, 0.4) is 0 Å². The van der Waals surface area contributed by atoms with Crippen LogP contribution in [0.25, 0.3) is 0 Å². The van der Waals surface area contributed by atoms with Crippen molar-refractivity contribution in [2.24, 2.45) is 9.98 Å². The first-order chi connectivity index (χ1) is 13.1. The van der Waals surface area contributed by atoms with Gasteiger partial charge in [-0.05, 0) is 76.5 Å². The van der Waals surface area contributed by atoms with Crippen molar-refractivity contribution in [1.29, 1.82) is 0 Å². The van der Waals surface area contributed by atoms with Gasteiger partial charge >= 0.3 is 0 Å². The predicted octanol–water partition coefficient (Wildman–Crippen LogP) is 7.03. The predicted molar refractivity (Wildman–Crippen MR) is 126 cm³/mol. The third kappa shape index (κ3) is 6.25. The minimum atomic E-state index is -1.56. The Labute approximate surface area is 171 Å². The number of para-hydroxylation sites is 2. The molecule has 2 aromatic carbocycles. The summed E-state index contributed by atoms with van der Waals surface area (Å²) in [4.78, 5) is 10.0. The van der Waals surface area contributed by atoms with Gasteiger partial charge in [-0.1, -0.05) is 36.4 Å². The van der Waals surface area contributed by atoms with E-state index >= 15 is 0 Å². The van der Waals surface area contributed by atoms with Crippen molar-refractivity contribution < 1.29 is 4.43 Å². The highest BCUT2D eigenvalue weighted by Crippen LogP contribution is 2.26. The van der Waals surface area contributed by atoms with Gasteiger partial charge in [0.1, 0.15) is 0 Å². The van der Waals surface area contributed by atoms with E-state index in [2.05, 4.69) is 90.7 Å². The van der Waals surface area contributed by atoms with Crippen LogP contribution < -0.4 is 0 Å². The van der Waals surface area contributed by atoms with E-state index in [1.54, 1.807) is 0 Å². The summed E-state index contributed by atoms with van der Waals surface area (Å²) in [6.45, 7) is 17.8. The number of aliphatic imine (C=N–C) groups is 2. The van der Waals surface area contributed by atoms with E-state index < -0.39 is 8.32 Å². The maximum Gasteiger partial charge on any atom is 0.183 e. The largest absolute Gasteiger partial charge is 0.417 e. The van der Waals surface area contributed by atoms with E-state index in [0.717, 1.165) is 29.2 Å². The first-order valence-corrected chi connectivity index (χ1v) is 13.4. The Bertz CT molecular complexity index is 851. The summed E-state index contributed by atoms with van der Waals surface area (Å²) in [5, 5.41) is 0. The fraction of sp³-hybridized carbons (Fsp3) is 0.417. The van der Waals surface area contributed by atoms with E-state index in [4.69, 9.17) is 14.4 Å². The Morgan fingerprint density at radius 1 is 0.786 bits per heavy atom. The molecule has 150 valence electrons. The molecule has 0 aromatic heterocycles. The van der Waals surface area contributed by atoms with Crippen LogP contribution in [0.15, 0.2) is 46.4 Å². The Morgan fingerprint density at radius 2 is 1.21 bits per heavy atom. The van der Waals surface area contributed by atoms with Crippen LogP contribution in [0.5, 0.6) is 0 Å². The van der Waals surface area contributed by atoms with E-state index in [9.17, 15) is 0 Å². The molecule has 0 unspecified atom stereocenters. The zero-order valence-corrected chi connectivity index (χ0v) is 19.7. The van der Waals surface area contributed by atoms with Crippen LogP contribution in [-0.2, 0) is 4.43 Å². The van der Waals surface area contributed by atoms with Crippen LogP contribution in [-0.4, -0.2) is 26.3 Å². The average Bonchev–Trinajstić information content (AvgIpc) is 2.59. The number of nitrogens with zero attached hydrogens (tertiary/aromatic N) is 2. The molecule has 0 spiro atoms. The first kappa shape index (κ1) is 22.2. The van der Waals surface area contributed by atoms with Gasteiger partial charge in [0.25, 0.3) is 0 Å².